The van der Waals surface area contributed by atoms with Gasteiger partial charge in [-0.3, -0.25) is 9.59 Å². The van der Waals surface area contributed by atoms with E-state index in [-0.39, 0.29) is 17.5 Å². The SMILES string of the molecule is C=CC(=O)N1CCC2(CC1)Cc1cc(F)ccc1C2=O. The summed E-state index contributed by atoms with van der Waals surface area (Å²) in [4.78, 5) is 25.9. The molecule has 0 aromatic heterocycles. The first-order chi connectivity index (χ1) is 9.55. The molecule has 0 bridgehead atoms. The molecule has 1 saturated heterocycles. The van der Waals surface area contributed by atoms with Crippen molar-refractivity contribution in [3.05, 3.63) is 47.8 Å². The van der Waals surface area contributed by atoms with Crippen LogP contribution in [0.25, 0.3) is 0 Å². The molecular formula is C16H16FNO2. The van der Waals surface area contributed by atoms with E-state index >= 15 is 0 Å². The highest BCUT2D eigenvalue weighted by molar-refractivity contribution is 6.05. The van der Waals surface area contributed by atoms with Crippen LogP contribution in [0.3, 0.4) is 0 Å². The summed E-state index contributed by atoms with van der Waals surface area (Å²) in [5, 5.41) is 0. The third-order valence-corrected chi connectivity index (χ3v) is 4.53. The van der Waals surface area contributed by atoms with Gasteiger partial charge in [0.15, 0.2) is 5.78 Å². The van der Waals surface area contributed by atoms with Gasteiger partial charge < -0.3 is 4.90 Å². The molecule has 1 spiro atoms. The van der Waals surface area contributed by atoms with Crippen molar-refractivity contribution in [3.8, 4) is 0 Å². The molecule has 1 aromatic rings. The maximum atomic E-state index is 13.3. The molecule has 1 aromatic carbocycles. The summed E-state index contributed by atoms with van der Waals surface area (Å²) in [6, 6.07) is 4.39. The molecule has 1 aliphatic heterocycles. The number of piperidine rings is 1. The molecule has 4 heteroatoms. The molecule has 0 N–H and O–H groups in total. The maximum absolute atomic E-state index is 13.3. The summed E-state index contributed by atoms with van der Waals surface area (Å²) in [5.41, 5.74) is 1.02. The van der Waals surface area contributed by atoms with Gasteiger partial charge in [0.05, 0.1) is 0 Å². The normalized spacial score (nSPS) is 20.1. The first kappa shape index (κ1) is 13.0. The van der Waals surface area contributed by atoms with Gasteiger partial charge >= 0.3 is 0 Å². The Morgan fingerprint density at radius 1 is 1.35 bits per heavy atom. The lowest BCUT2D eigenvalue weighted by Gasteiger charge is -2.37. The monoisotopic (exact) mass is 273 g/mol. The molecule has 2 aliphatic rings. The fraction of sp³-hybridized carbons (Fsp3) is 0.375. The van der Waals surface area contributed by atoms with E-state index in [1.165, 1.54) is 18.2 Å². The Morgan fingerprint density at radius 3 is 2.70 bits per heavy atom. The smallest absolute Gasteiger partial charge is 0.245 e. The van der Waals surface area contributed by atoms with E-state index in [0.29, 0.717) is 37.9 Å². The Labute approximate surface area is 117 Å². The number of likely N-dealkylation sites (tertiary alicyclic amines) is 1. The second kappa shape index (κ2) is 4.54. The molecule has 20 heavy (non-hydrogen) atoms. The molecule has 0 unspecified atom stereocenters. The molecule has 0 radical (unpaired) electrons. The van der Waals surface area contributed by atoms with Crippen LogP contribution in [-0.4, -0.2) is 29.7 Å². The third-order valence-electron chi connectivity index (χ3n) is 4.53. The van der Waals surface area contributed by atoms with Crippen LogP contribution in [0, 0.1) is 11.2 Å². The van der Waals surface area contributed by atoms with Gasteiger partial charge in [0.2, 0.25) is 5.91 Å². The molecule has 1 heterocycles. The average molecular weight is 273 g/mol. The number of nitrogens with zero attached hydrogens (tertiary/aromatic N) is 1. The van der Waals surface area contributed by atoms with Gasteiger partial charge in [-0.05, 0) is 49.1 Å². The van der Waals surface area contributed by atoms with Crippen molar-refractivity contribution in [1.29, 1.82) is 0 Å². The first-order valence-electron chi connectivity index (χ1n) is 6.80. The number of hydrogen-bond donors (Lipinski definition) is 0. The standard InChI is InChI=1S/C16H16FNO2/c1-2-14(19)18-7-5-16(6-8-18)10-11-9-12(17)3-4-13(11)15(16)20/h2-4,9H,1,5-8,10H2. The van der Waals surface area contributed by atoms with Gasteiger partial charge in [-0.25, -0.2) is 4.39 Å². The molecular weight excluding hydrogens is 257 g/mol. The lowest BCUT2D eigenvalue weighted by molar-refractivity contribution is -0.127. The number of amides is 1. The van der Waals surface area contributed by atoms with E-state index < -0.39 is 5.41 Å². The summed E-state index contributed by atoms with van der Waals surface area (Å²) in [6.07, 6.45) is 3.18. The molecule has 1 aliphatic carbocycles. The van der Waals surface area contributed by atoms with Gasteiger partial charge in [0.25, 0.3) is 0 Å². The zero-order chi connectivity index (χ0) is 14.3. The minimum Gasteiger partial charge on any atom is -0.339 e. The summed E-state index contributed by atoms with van der Waals surface area (Å²) >= 11 is 0. The van der Waals surface area contributed by atoms with E-state index in [2.05, 4.69) is 6.58 Å². The second-order valence-electron chi connectivity index (χ2n) is 5.62. The van der Waals surface area contributed by atoms with Crippen molar-refractivity contribution in [2.75, 3.05) is 13.1 Å². The number of ketones is 1. The molecule has 3 nitrogen and oxygen atoms in total. The van der Waals surface area contributed by atoms with Crippen LogP contribution in [0.15, 0.2) is 30.9 Å². The molecule has 0 saturated carbocycles. The summed E-state index contributed by atoms with van der Waals surface area (Å²) < 4.78 is 13.3. The Morgan fingerprint density at radius 2 is 2.05 bits per heavy atom. The molecule has 104 valence electrons. The van der Waals surface area contributed by atoms with E-state index in [1.807, 2.05) is 0 Å². The van der Waals surface area contributed by atoms with Gasteiger partial charge in [-0.1, -0.05) is 6.58 Å². The number of rotatable bonds is 1. The molecule has 3 rings (SSSR count). The zero-order valence-corrected chi connectivity index (χ0v) is 11.2. The van der Waals surface area contributed by atoms with Crippen molar-refractivity contribution in [2.45, 2.75) is 19.3 Å². The van der Waals surface area contributed by atoms with Crippen LogP contribution < -0.4 is 0 Å². The van der Waals surface area contributed by atoms with Crippen molar-refractivity contribution >= 4 is 11.7 Å². The van der Waals surface area contributed by atoms with Crippen LogP contribution in [-0.2, 0) is 11.2 Å². The van der Waals surface area contributed by atoms with Crippen molar-refractivity contribution in [3.63, 3.8) is 0 Å². The van der Waals surface area contributed by atoms with Crippen LogP contribution in [0.4, 0.5) is 4.39 Å². The third kappa shape index (κ3) is 1.87. The highest BCUT2D eigenvalue weighted by Gasteiger charge is 2.47. The zero-order valence-electron chi connectivity index (χ0n) is 11.2. The summed E-state index contributed by atoms with van der Waals surface area (Å²) in [7, 11) is 0. The van der Waals surface area contributed by atoms with Crippen LogP contribution >= 0.6 is 0 Å². The minimum atomic E-state index is -0.436. The van der Waals surface area contributed by atoms with Gasteiger partial charge in [0.1, 0.15) is 5.82 Å². The van der Waals surface area contributed by atoms with Crippen LogP contribution in [0.1, 0.15) is 28.8 Å². The maximum Gasteiger partial charge on any atom is 0.245 e. The van der Waals surface area contributed by atoms with Gasteiger partial charge in [0, 0.05) is 24.1 Å². The Hall–Kier alpha value is -1.97. The number of Topliss-reactive ketones (excluding diaryl/α,β-unsaturated/α-hetero) is 1. The fourth-order valence-corrected chi connectivity index (χ4v) is 3.35. The number of fused-ring (bicyclic) bond motifs is 1. The second-order valence-corrected chi connectivity index (χ2v) is 5.62. The Bertz CT molecular complexity index is 600. The predicted molar refractivity (Wildman–Crippen MR) is 72.9 cm³/mol. The summed E-state index contributed by atoms with van der Waals surface area (Å²) in [6.45, 7) is 4.61. The van der Waals surface area contributed by atoms with Gasteiger partial charge in [-0.15, -0.1) is 0 Å². The topological polar surface area (TPSA) is 37.4 Å². The van der Waals surface area contributed by atoms with E-state index in [1.54, 1.807) is 11.0 Å². The van der Waals surface area contributed by atoms with Crippen LogP contribution in [0.2, 0.25) is 0 Å². The Balaban J connectivity index is 1.82. The quantitative estimate of drug-likeness (QED) is 0.737. The van der Waals surface area contributed by atoms with Gasteiger partial charge in [-0.2, -0.15) is 0 Å². The van der Waals surface area contributed by atoms with Crippen LogP contribution in [0.5, 0.6) is 0 Å². The largest absolute Gasteiger partial charge is 0.339 e. The highest BCUT2D eigenvalue weighted by Crippen LogP contribution is 2.44. The van der Waals surface area contributed by atoms with Crippen molar-refractivity contribution in [2.24, 2.45) is 5.41 Å². The first-order valence-corrected chi connectivity index (χ1v) is 6.80. The van der Waals surface area contributed by atoms with Crippen molar-refractivity contribution in [1.82, 2.24) is 4.90 Å². The number of halogens is 1. The highest BCUT2D eigenvalue weighted by atomic mass is 19.1. The number of carbonyl (C=O) groups excluding carboxylic acids is 2. The number of carbonyl (C=O) groups is 2. The number of benzene rings is 1. The van der Waals surface area contributed by atoms with E-state index in [0.717, 1.165) is 5.56 Å². The minimum absolute atomic E-state index is 0.0890. The molecule has 0 atom stereocenters. The molecule has 1 fully saturated rings. The predicted octanol–water partition coefficient (Wildman–Crippen LogP) is 2.36. The van der Waals surface area contributed by atoms with Crippen molar-refractivity contribution < 1.29 is 14.0 Å². The fourth-order valence-electron chi connectivity index (χ4n) is 3.35. The van der Waals surface area contributed by atoms with E-state index in [9.17, 15) is 14.0 Å². The average Bonchev–Trinajstić information content (AvgIpc) is 2.71. The lowest BCUT2D eigenvalue weighted by Crippen LogP contribution is -2.45. The lowest BCUT2D eigenvalue weighted by atomic mass is 9.75. The van der Waals surface area contributed by atoms with E-state index in [4.69, 9.17) is 0 Å². The molecule has 1 amide bonds. The Kier molecular flexibility index (Phi) is 2.96. The number of hydrogen-bond acceptors (Lipinski definition) is 2. The summed E-state index contributed by atoms with van der Waals surface area (Å²) in [5.74, 6) is -0.278.